The van der Waals surface area contributed by atoms with Gasteiger partial charge in [-0.3, -0.25) is 0 Å². The molecule has 0 saturated carbocycles. The van der Waals surface area contributed by atoms with Crippen LogP contribution in [0.1, 0.15) is 28.8 Å². The predicted molar refractivity (Wildman–Crippen MR) is 96.5 cm³/mol. The number of hydrogen-bond donors (Lipinski definition) is 1. The molecule has 6 nitrogen and oxygen atoms in total. The lowest BCUT2D eigenvalue weighted by molar-refractivity contribution is 0.136. The van der Waals surface area contributed by atoms with Gasteiger partial charge in [0.05, 0.1) is 5.92 Å². The van der Waals surface area contributed by atoms with E-state index in [0.29, 0.717) is 37.8 Å². The molecule has 0 radical (unpaired) electrons. The molecular weight excluding hydrogens is 328 g/mol. The molecule has 1 fully saturated rings. The third-order valence-corrected chi connectivity index (χ3v) is 4.49. The fraction of sp³-hybridized carbons (Fsp3) is 0.250. The lowest BCUT2D eigenvalue weighted by atomic mass is 10.0. The van der Waals surface area contributed by atoms with Gasteiger partial charge >= 0.3 is 6.03 Å². The first-order chi connectivity index (χ1) is 12.8. The molecule has 2 amide bonds. The molecule has 1 aliphatic rings. The highest BCUT2D eigenvalue weighted by Gasteiger charge is 2.35. The summed E-state index contributed by atoms with van der Waals surface area (Å²) in [7, 11) is 0. The van der Waals surface area contributed by atoms with Crippen molar-refractivity contribution in [3.8, 4) is 0 Å². The number of aromatic nitrogens is 2. The molecule has 0 spiro atoms. The predicted octanol–water partition coefficient (Wildman–Crippen LogP) is 2.97. The molecular formula is C20H20N4O2. The van der Waals surface area contributed by atoms with Crippen molar-refractivity contribution in [2.24, 2.45) is 0 Å². The van der Waals surface area contributed by atoms with Gasteiger partial charge in [0.15, 0.2) is 5.82 Å². The smallest absolute Gasteiger partial charge is 0.317 e. The van der Waals surface area contributed by atoms with Gasteiger partial charge in [0.2, 0.25) is 5.89 Å². The standard InChI is InChI=1S/C20H20N4O2/c25-20(21-12-16-9-5-2-6-10-16)24-13-17(14-24)19-22-18(23-26-19)11-15-7-3-1-4-8-15/h1-10,17H,11-14H2,(H,21,25). The summed E-state index contributed by atoms with van der Waals surface area (Å²) in [6.45, 7) is 1.74. The van der Waals surface area contributed by atoms with Gasteiger partial charge in [0.1, 0.15) is 0 Å². The molecule has 6 heteroatoms. The quantitative estimate of drug-likeness (QED) is 0.769. The Morgan fingerprint density at radius 1 is 1.04 bits per heavy atom. The number of urea groups is 1. The molecule has 0 aliphatic carbocycles. The molecule has 1 aromatic heterocycles. The Hall–Kier alpha value is -3.15. The zero-order valence-corrected chi connectivity index (χ0v) is 14.3. The van der Waals surface area contributed by atoms with Crippen LogP contribution < -0.4 is 5.32 Å². The Kier molecular flexibility index (Phi) is 4.64. The van der Waals surface area contributed by atoms with Gasteiger partial charge < -0.3 is 14.7 Å². The van der Waals surface area contributed by atoms with Gasteiger partial charge in [0, 0.05) is 26.1 Å². The van der Waals surface area contributed by atoms with Crippen molar-refractivity contribution in [3.05, 3.63) is 83.5 Å². The van der Waals surface area contributed by atoms with Crippen LogP contribution in [0, 0.1) is 0 Å². The van der Waals surface area contributed by atoms with Gasteiger partial charge in [-0.2, -0.15) is 4.98 Å². The minimum absolute atomic E-state index is 0.0610. The third kappa shape index (κ3) is 3.74. The first-order valence-electron chi connectivity index (χ1n) is 8.71. The summed E-state index contributed by atoms with van der Waals surface area (Å²) >= 11 is 0. The molecule has 2 heterocycles. The number of carbonyl (C=O) groups excluding carboxylic acids is 1. The fourth-order valence-electron chi connectivity index (χ4n) is 2.97. The summed E-state index contributed by atoms with van der Waals surface area (Å²) in [5, 5.41) is 6.99. The van der Waals surface area contributed by atoms with Crippen molar-refractivity contribution >= 4 is 6.03 Å². The van der Waals surface area contributed by atoms with E-state index in [0.717, 1.165) is 11.1 Å². The summed E-state index contributed by atoms with van der Waals surface area (Å²) in [4.78, 5) is 18.4. The maximum absolute atomic E-state index is 12.2. The zero-order valence-electron chi connectivity index (χ0n) is 14.3. The van der Waals surface area contributed by atoms with Crippen molar-refractivity contribution in [3.63, 3.8) is 0 Å². The number of carbonyl (C=O) groups is 1. The summed E-state index contributed by atoms with van der Waals surface area (Å²) in [6, 6.07) is 19.9. The topological polar surface area (TPSA) is 71.3 Å². The second kappa shape index (κ2) is 7.39. The minimum Gasteiger partial charge on any atom is -0.339 e. The molecule has 1 aliphatic heterocycles. The average molecular weight is 348 g/mol. The summed E-state index contributed by atoms with van der Waals surface area (Å²) < 4.78 is 5.38. The first-order valence-corrected chi connectivity index (χ1v) is 8.71. The van der Waals surface area contributed by atoms with Gasteiger partial charge in [0.25, 0.3) is 0 Å². The summed E-state index contributed by atoms with van der Waals surface area (Å²) in [5.41, 5.74) is 2.23. The van der Waals surface area contributed by atoms with Crippen molar-refractivity contribution in [1.29, 1.82) is 0 Å². The van der Waals surface area contributed by atoms with E-state index < -0.39 is 0 Å². The highest BCUT2D eigenvalue weighted by atomic mass is 16.5. The largest absolute Gasteiger partial charge is 0.339 e. The van der Waals surface area contributed by atoms with Crippen LogP contribution in [-0.2, 0) is 13.0 Å². The van der Waals surface area contributed by atoms with E-state index >= 15 is 0 Å². The van der Waals surface area contributed by atoms with Crippen LogP contribution in [0.5, 0.6) is 0 Å². The van der Waals surface area contributed by atoms with Gasteiger partial charge in [-0.15, -0.1) is 0 Å². The van der Waals surface area contributed by atoms with Crippen LogP contribution in [-0.4, -0.2) is 34.2 Å². The number of rotatable bonds is 5. The van der Waals surface area contributed by atoms with Gasteiger partial charge in [-0.25, -0.2) is 4.79 Å². The molecule has 2 aromatic carbocycles. The van der Waals surface area contributed by atoms with E-state index in [9.17, 15) is 4.79 Å². The fourth-order valence-corrected chi connectivity index (χ4v) is 2.97. The van der Waals surface area contributed by atoms with Crippen molar-refractivity contribution in [1.82, 2.24) is 20.4 Å². The number of likely N-dealkylation sites (tertiary alicyclic amines) is 1. The van der Waals surface area contributed by atoms with Gasteiger partial charge in [-0.1, -0.05) is 65.8 Å². The van der Waals surface area contributed by atoms with E-state index in [-0.39, 0.29) is 11.9 Å². The number of nitrogens with zero attached hydrogens (tertiary/aromatic N) is 3. The highest BCUT2D eigenvalue weighted by molar-refractivity contribution is 5.75. The van der Waals surface area contributed by atoms with E-state index in [2.05, 4.69) is 15.5 Å². The third-order valence-electron chi connectivity index (χ3n) is 4.49. The average Bonchev–Trinajstić information content (AvgIpc) is 3.08. The first kappa shape index (κ1) is 16.3. The minimum atomic E-state index is -0.0610. The molecule has 0 atom stereocenters. The number of amides is 2. The Morgan fingerprint density at radius 2 is 1.69 bits per heavy atom. The molecule has 1 N–H and O–H groups in total. The molecule has 0 unspecified atom stereocenters. The second-order valence-electron chi connectivity index (χ2n) is 6.46. The number of hydrogen-bond acceptors (Lipinski definition) is 4. The Labute approximate surface area is 151 Å². The Bertz CT molecular complexity index is 858. The monoisotopic (exact) mass is 348 g/mol. The number of benzene rings is 2. The van der Waals surface area contributed by atoms with E-state index in [1.807, 2.05) is 60.7 Å². The normalized spacial score (nSPS) is 14.1. The van der Waals surface area contributed by atoms with Crippen LogP contribution in [0.15, 0.2) is 65.2 Å². The van der Waals surface area contributed by atoms with Crippen LogP contribution in [0.25, 0.3) is 0 Å². The molecule has 1 saturated heterocycles. The Balaban J connectivity index is 1.26. The van der Waals surface area contributed by atoms with Crippen molar-refractivity contribution in [2.45, 2.75) is 18.9 Å². The second-order valence-corrected chi connectivity index (χ2v) is 6.46. The van der Waals surface area contributed by atoms with E-state index in [4.69, 9.17) is 4.52 Å². The molecule has 4 rings (SSSR count). The van der Waals surface area contributed by atoms with Crippen molar-refractivity contribution in [2.75, 3.05) is 13.1 Å². The summed E-state index contributed by atoms with van der Waals surface area (Å²) in [5.74, 6) is 1.41. The maximum Gasteiger partial charge on any atom is 0.317 e. The molecule has 0 bridgehead atoms. The van der Waals surface area contributed by atoms with Crippen LogP contribution in [0.4, 0.5) is 4.79 Å². The maximum atomic E-state index is 12.2. The molecule has 26 heavy (non-hydrogen) atoms. The lowest BCUT2D eigenvalue weighted by Gasteiger charge is -2.36. The zero-order chi connectivity index (χ0) is 17.8. The Morgan fingerprint density at radius 3 is 2.38 bits per heavy atom. The lowest BCUT2D eigenvalue weighted by Crippen LogP contribution is -2.52. The number of nitrogens with one attached hydrogen (secondary N) is 1. The molecule has 132 valence electrons. The molecule has 3 aromatic rings. The van der Waals surface area contributed by atoms with Crippen LogP contribution in [0.3, 0.4) is 0 Å². The van der Waals surface area contributed by atoms with Crippen molar-refractivity contribution < 1.29 is 9.32 Å². The SMILES string of the molecule is O=C(NCc1ccccc1)N1CC(c2nc(Cc3ccccc3)no2)C1. The van der Waals surface area contributed by atoms with E-state index in [1.54, 1.807) is 4.90 Å². The van der Waals surface area contributed by atoms with Crippen LogP contribution >= 0.6 is 0 Å². The van der Waals surface area contributed by atoms with E-state index in [1.165, 1.54) is 0 Å². The van der Waals surface area contributed by atoms with Crippen LogP contribution in [0.2, 0.25) is 0 Å². The summed E-state index contributed by atoms with van der Waals surface area (Å²) in [6.07, 6.45) is 0.651. The highest BCUT2D eigenvalue weighted by Crippen LogP contribution is 2.26. The van der Waals surface area contributed by atoms with Gasteiger partial charge in [-0.05, 0) is 11.1 Å².